The Bertz CT molecular complexity index is 388. The van der Waals surface area contributed by atoms with Crippen molar-refractivity contribution in [3.05, 3.63) is 11.9 Å². The molecule has 1 amide bonds. The first-order chi connectivity index (χ1) is 10.3. The van der Waals surface area contributed by atoms with Gasteiger partial charge in [-0.05, 0) is 26.2 Å². The summed E-state index contributed by atoms with van der Waals surface area (Å²) < 4.78 is 0. The Morgan fingerprint density at radius 1 is 1.36 bits per heavy atom. The topological polar surface area (TPSA) is 174 Å². The molecule has 9 heteroatoms. The molecule has 128 valence electrons. The van der Waals surface area contributed by atoms with Gasteiger partial charge in [0.25, 0.3) is 0 Å². The molecule has 0 bridgehead atoms. The van der Waals surface area contributed by atoms with Gasteiger partial charge >= 0.3 is 5.97 Å². The third-order valence-corrected chi connectivity index (χ3v) is 3.00. The van der Waals surface area contributed by atoms with Crippen molar-refractivity contribution < 1.29 is 14.7 Å². The molecule has 0 aromatic rings. The number of hydrogen-bond donors (Lipinski definition) is 6. The number of aliphatic carboxylic acids is 1. The molecule has 0 aliphatic heterocycles. The van der Waals surface area contributed by atoms with Crippen molar-refractivity contribution in [3.8, 4) is 0 Å². The highest BCUT2D eigenvalue weighted by molar-refractivity contribution is 5.84. The van der Waals surface area contributed by atoms with Crippen LogP contribution in [0.1, 0.15) is 32.6 Å². The molecule has 10 N–H and O–H groups in total. The summed E-state index contributed by atoms with van der Waals surface area (Å²) in [6.07, 6.45) is 3.83. The summed E-state index contributed by atoms with van der Waals surface area (Å²) in [5.74, 6) is 4.17. The minimum absolute atomic E-state index is 0.0515. The van der Waals surface area contributed by atoms with Crippen LogP contribution in [0.4, 0.5) is 0 Å². The Kier molecular flexibility index (Phi) is 9.92. The second-order valence-electron chi connectivity index (χ2n) is 5.26. The lowest BCUT2D eigenvalue weighted by Crippen LogP contribution is -2.40. The van der Waals surface area contributed by atoms with E-state index in [1.54, 1.807) is 6.20 Å². The molecule has 0 saturated carbocycles. The van der Waals surface area contributed by atoms with Gasteiger partial charge in [-0.25, -0.2) is 5.84 Å². The third kappa shape index (κ3) is 9.97. The molecule has 0 aromatic heterocycles. The van der Waals surface area contributed by atoms with Gasteiger partial charge in [-0.1, -0.05) is 0 Å². The summed E-state index contributed by atoms with van der Waals surface area (Å²) >= 11 is 0. The summed E-state index contributed by atoms with van der Waals surface area (Å²) in [6.45, 7) is 2.75. The number of amides is 1. The molecule has 0 rings (SSSR count). The minimum atomic E-state index is -1.18. The quantitative estimate of drug-likeness (QED) is 0.150. The van der Waals surface area contributed by atoms with Crippen molar-refractivity contribution in [2.75, 3.05) is 13.1 Å². The van der Waals surface area contributed by atoms with Crippen molar-refractivity contribution in [1.82, 2.24) is 10.3 Å². The van der Waals surface area contributed by atoms with Crippen LogP contribution < -0.4 is 28.4 Å². The monoisotopic (exact) mass is 316 g/mol. The predicted molar refractivity (Wildman–Crippen MR) is 83.9 cm³/mol. The fourth-order valence-corrected chi connectivity index (χ4v) is 1.77. The largest absolute Gasteiger partial charge is 0.480 e. The highest BCUT2D eigenvalue weighted by Crippen LogP contribution is 2.02. The maximum Gasteiger partial charge on any atom is 0.321 e. The standard InChI is InChI=1S/C13H28N6O3/c1-9(18-12(20)6-11(16)13(21)22)4-2-3-5-19(17)8-10(15)7-14/h8-9,11H,2-7,14-17H2,1H3,(H,18,20)(H,21,22)/b10-8-. The first kappa shape index (κ1) is 20.2. The number of nitrogens with zero attached hydrogens (tertiary/aromatic N) is 1. The number of hydrogen-bond acceptors (Lipinski definition) is 7. The van der Waals surface area contributed by atoms with Gasteiger partial charge < -0.3 is 32.6 Å². The van der Waals surface area contributed by atoms with Crippen LogP contribution in [0.25, 0.3) is 0 Å². The van der Waals surface area contributed by atoms with Gasteiger partial charge in [0.15, 0.2) is 0 Å². The summed E-state index contributed by atoms with van der Waals surface area (Å²) in [4.78, 5) is 22.1. The molecule has 0 fully saturated rings. The van der Waals surface area contributed by atoms with Gasteiger partial charge in [-0.2, -0.15) is 0 Å². The number of carboxylic acids is 1. The van der Waals surface area contributed by atoms with Crippen molar-refractivity contribution >= 4 is 11.9 Å². The number of carbonyl (C=O) groups is 2. The fraction of sp³-hybridized carbons (Fsp3) is 0.692. The van der Waals surface area contributed by atoms with Crippen molar-refractivity contribution in [1.29, 1.82) is 0 Å². The van der Waals surface area contributed by atoms with Crippen LogP contribution in [0.3, 0.4) is 0 Å². The van der Waals surface area contributed by atoms with Crippen molar-refractivity contribution in [2.24, 2.45) is 23.0 Å². The summed E-state index contributed by atoms with van der Waals surface area (Å²) in [5, 5.41) is 12.8. The van der Waals surface area contributed by atoms with E-state index >= 15 is 0 Å². The van der Waals surface area contributed by atoms with E-state index in [1.165, 1.54) is 5.01 Å². The smallest absolute Gasteiger partial charge is 0.321 e. The average Bonchev–Trinajstić information content (AvgIpc) is 2.42. The first-order valence-electron chi connectivity index (χ1n) is 7.21. The van der Waals surface area contributed by atoms with Gasteiger partial charge in [0.1, 0.15) is 6.04 Å². The maximum absolute atomic E-state index is 11.5. The first-order valence-corrected chi connectivity index (χ1v) is 7.21. The maximum atomic E-state index is 11.5. The summed E-state index contributed by atoms with van der Waals surface area (Å²) in [7, 11) is 0. The molecule has 9 nitrogen and oxygen atoms in total. The van der Waals surface area contributed by atoms with Crippen LogP contribution in [0, 0.1) is 0 Å². The molecule has 22 heavy (non-hydrogen) atoms. The number of nitrogens with one attached hydrogen (secondary N) is 1. The van der Waals surface area contributed by atoms with Gasteiger partial charge in [0, 0.05) is 31.0 Å². The molecule has 0 radical (unpaired) electrons. The number of nitrogens with two attached hydrogens (primary N) is 4. The summed E-state index contributed by atoms with van der Waals surface area (Å²) in [6, 6.07) is -1.22. The second kappa shape index (κ2) is 10.8. The Balaban J connectivity index is 3.84. The highest BCUT2D eigenvalue weighted by Gasteiger charge is 2.17. The Morgan fingerprint density at radius 3 is 2.55 bits per heavy atom. The van der Waals surface area contributed by atoms with Gasteiger partial charge in [-0.3, -0.25) is 9.59 Å². The lowest BCUT2D eigenvalue weighted by Gasteiger charge is -2.17. The predicted octanol–water partition coefficient (Wildman–Crippen LogP) is -1.60. The molecular formula is C13H28N6O3. The molecule has 0 saturated heterocycles. The van der Waals surface area contributed by atoms with E-state index < -0.39 is 12.0 Å². The zero-order chi connectivity index (χ0) is 17.1. The van der Waals surface area contributed by atoms with Crippen LogP contribution >= 0.6 is 0 Å². The zero-order valence-corrected chi connectivity index (χ0v) is 13.0. The highest BCUT2D eigenvalue weighted by atomic mass is 16.4. The zero-order valence-electron chi connectivity index (χ0n) is 13.0. The third-order valence-electron chi connectivity index (χ3n) is 3.00. The van der Waals surface area contributed by atoms with E-state index in [9.17, 15) is 9.59 Å². The van der Waals surface area contributed by atoms with E-state index in [4.69, 9.17) is 28.2 Å². The second-order valence-corrected chi connectivity index (χ2v) is 5.26. The number of unbranched alkanes of at least 4 members (excludes halogenated alkanes) is 1. The lowest BCUT2D eigenvalue weighted by atomic mass is 10.1. The number of carbonyl (C=O) groups excluding carboxylic acids is 1. The van der Waals surface area contributed by atoms with E-state index in [2.05, 4.69) is 5.32 Å². The Morgan fingerprint density at radius 2 is 2.00 bits per heavy atom. The molecule has 0 aliphatic rings. The van der Waals surface area contributed by atoms with Crippen LogP contribution in [0.2, 0.25) is 0 Å². The molecular weight excluding hydrogens is 288 g/mol. The SMILES string of the molecule is CC(CCCCN(N)/C=C(\N)CN)NC(=O)CC(N)C(=O)O. The average molecular weight is 316 g/mol. The Hall–Kier alpha value is -1.84. The van der Waals surface area contributed by atoms with E-state index in [1.807, 2.05) is 6.92 Å². The molecule has 0 spiro atoms. The number of carboxylic acid groups (broad SMARTS) is 1. The molecule has 2 unspecified atom stereocenters. The minimum Gasteiger partial charge on any atom is -0.480 e. The fourth-order valence-electron chi connectivity index (χ4n) is 1.77. The molecule has 0 aromatic carbocycles. The number of hydrazine groups is 1. The number of rotatable bonds is 11. The summed E-state index contributed by atoms with van der Waals surface area (Å²) in [5.41, 5.74) is 16.7. The molecule has 0 aliphatic carbocycles. The molecule has 0 heterocycles. The van der Waals surface area contributed by atoms with Crippen molar-refractivity contribution in [2.45, 2.75) is 44.7 Å². The van der Waals surface area contributed by atoms with E-state index in [-0.39, 0.29) is 24.9 Å². The lowest BCUT2D eigenvalue weighted by molar-refractivity contribution is -0.140. The Labute approximate surface area is 130 Å². The molecule has 2 atom stereocenters. The van der Waals surface area contributed by atoms with Gasteiger partial charge in [-0.15, -0.1) is 0 Å². The van der Waals surface area contributed by atoms with Crippen LogP contribution in [-0.2, 0) is 9.59 Å². The van der Waals surface area contributed by atoms with Crippen molar-refractivity contribution in [3.63, 3.8) is 0 Å². The van der Waals surface area contributed by atoms with Crippen LogP contribution in [-0.4, -0.2) is 47.2 Å². The van der Waals surface area contributed by atoms with Gasteiger partial charge in [0.05, 0.1) is 6.42 Å². The van der Waals surface area contributed by atoms with Crippen LogP contribution in [0.15, 0.2) is 11.9 Å². The van der Waals surface area contributed by atoms with E-state index in [0.717, 1.165) is 19.3 Å². The van der Waals surface area contributed by atoms with E-state index in [0.29, 0.717) is 12.2 Å². The van der Waals surface area contributed by atoms with Crippen LogP contribution in [0.5, 0.6) is 0 Å². The van der Waals surface area contributed by atoms with Gasteiger partial charge in [0.2, 0.25) is 5.91 Å². The normalized spacial score (nSPS) is 14.3.